The monoisotopic (exact) mass is 374 g/mol. The van der Waals surface area contributed by atoms with Crippen molar-refractivity contribution in [3.63, 3.8) is 0 Å². The first-order valence-corrected chi connectivity index (χ1v) is 9.88. The van der Waals surface area contributed by atoms with Gasteiger partial charge in [0.2, 0.25) is 5.91 Å². The van der Waals surface area contributed by atoms with Gasteiger partial charge in [-0.25, -0.2) is 0 Å². The van der Waals surface area contributed by atoms with Crippen LogP contribution in [0.1, 0.15) is 20.5 Å². The minimum absolute atomic E-state index is 0.0974. The van der Waals surface area contributed by atoms with Gasteiger partial charge in [-0.15, -0.1) is 23.5 Å². The number of anilines is 1. The molecule has 130 valence electrons. The lowest BCUT2D eigenvalue weighted by Gasteiger charge is -2.15. The molecule has 5 nitrogen and oxygen atoms in total. The van der Waals surface area contributed by atoms with E-state index in [9.17, 15) is 9.59 Å². The summed E-state index contributed by atoms with van der Waals surface area (Å²) in [6.45, 7) is -0.0974. The summed E-state index contributed by atoms with van der Waals surface area (Å²) in [6, 6.07) is 14.3. The minimum Gasteiger partial charge on any atom is -0.483 e. The van der Waals surface area contributed by atoms with E-state index in [4.69, 9.17) is 10.5 Å². The highest BCUT2D eigenvalue weighted by Crippen LogP contribution is 2.48. The number of ether oxygens (including phenoxy) is 1. The second-order valence-corrected chi connectivity index (χ2v) is 8.12. The lowest BCUT2D eigenvalue weighted by Crippen LogP contribution is -2.21. The van der Waals surface area contributed by atoms with Gasteiger partial charge in [0.1, 0.15) is 5.75 Å². The summed E-state index contributed by atoms with van der Waals surface area (Å²) < 4.78 is 6.08. The van der Waals surface area contributed by atoms with Crippen LogP contribution in [-0.2, 0) is 4.79 Å². The molecule has 2 aromatic rings. The smallest absolute Gasteiger partial charge is 0.262 e. The zero-order valence-electron chi connectivity index (χ0n) is 13.4. The number of benzene rings is 2. The van der Waals surface area contributed by atoms with E-state index in [1.54, 1.807) is 24.3 Å². The predicted octanol–water partition coefficient (Wildman–Crippen LogP) is 3.28. The van der Waals surface area contributed by atoms with E-state index < -0.39 is 5.91 Å². The molecule has 1 fully saturated rings. The molecule has 0 saturated carbocycles. The molecule has 1 heterocycles. The number of primary amides is 1. The molecular weight excluding hydrogens is 356 g/mol. The number of thioether (sulfide) groups is 2. The molecule has 0 atom stereocenters. The van der Waals surface area contributed by atoms with E-state index >= 15 is 0 Å². The van der Waals surface area contributed by atoms with E-state index in [-0.39, 0.29) is 12.5 Å². The molecule has 0 aromatic heterocycles. The summed E-state index contributed by atoms with van der Waals surface area (Å²) >= 11 is 3.78. The van der Waals surface area contributed by atoms with Crippen LogP contribution in [0.25, 0.3) is 0 Å². The maximum atomic E-state index is 12.1. The Hall–Kier alpha value is -2.12. The number of para-hydroxylation sites is 1. The molecule has 1 aliphatic heterocycles. The fraction of sp³-hybridized carbons (Fsp3) is 0.222. The summed E-state index contributed by atoms with van der Waals surface area (Å²) in [7, 11) is 0. The maximum Gasteiger partial charge on any atom is 0.262 e. The molecule has 2 amide bonds. The summed E-state index contributed by atoms with van der Waals surface area (Å²) in [5, 5.41) is 2.71. The quantitative estimate of drug-likeness (QED) is 0.811. The number of rotatable bonds is 6. The van der Waals surface area contributed by atoms with E-state index in [1.165, 1.54) is 0 Å². The van der Waals surface area contributed by atoms with Gasteiger partial charge in [-0.05, 0) is 24.3 Å². The molecule has 3 rings (SSSR count). The lowest BCUT2D eigenvalue weighted by molar-refractivity contribution is -0.118. The van der Waals surface area contributed by atoms with Crippen molar-refractivity contribution in [1.82, 2.24) is 0 Å². The van der Waals surface area contributed by atoms with Gasteiger partial charge in [0.25, 0.3) is 5.91 Å². The highest BCUT2D eigenvalue weighted by molar-refractivity contribution is 8.19. The standard InChI is InChI=1S/C18H18N2O3S2/c19-17(22)12-4-3-5-13(10-12)20-16(21)11-23-15-7-2-1-6-14(15)18-24-8-9-25-18/h1-7,10,18H,8-9,11H2,(H2,19,22)(H,20,21). The van der Waals surface area contributed by atoms with Crippen LogP contribution in [0.4, 0.5) is 5.69 Å². The van der Waals surface area contributed by atoms with Gasteiger partial charge in [0.05, 0.1) is 4.58 Å². The zero-order chi connectivity index (χ0) is 17.6. The average molecular weight is 374 g/mol. The number of nitrogens with one attached hydrogen (secondary N) is 1. The summed E-state index contributed by atoms with van der Waals surface area (Å²) in [4.78, 5) is 23.3. The first-order valence-electron chi connectivity index (χ1n) is 7.78. The third-order valence-corrected chi connectivity index (χ3v) is 6.65. The number of amides is 2. The molecule has 3 N–H and O–H groups in total. The van der Waals surface area contributed by atoms with Crippen LogP contribution < -0.4 is 15.8 Å². The van der Waals surface area contributed by atoms with Crippen LogP contribution in [0.15, 0.2) is 48.5 Å². The van der Waals surface area contributed by atoms with Crippen LogP contribution >= 0.6 is 23.5 Å². The first-order chi connectivity index (χ1) is 12.1. The molecule has 0 spiro atoms. The largest absolute Gasteiger partial charge is 0.483 e. The highest BCUT2D eigenvalue weighted by Gasteiger charge is 2.21. The molecule has 0 aliphatic carbocycles. The van der Waals surface area contributed by atoms with Crippen LogP contribution in [0.2, 0.25) is 0 Å². The zero-order valence-corrected chi connectivity index (χ0v) is 15.1. The van der Waals surface area contributed by atoms with Gasteiger partial charge in [-0.1, -0.05) is 24.3 Å². The Morgan fingerprint density at radius 2 is 1.88 bits per heavy atom. The molecule has 0 radical (unpaired) electrons. The molecule has 0 unspecified atom stereocenters. The van der Waals surface area contributed by atoms with Crippen molar-refractivity contribution in [3.8, 4) is 5.75 Å². The van der Waals surface area contributed by atoms with Crippen molar-refractivity contribution in [2.45, 2.75) is 4.58 Å². The van der Waals surface area contributed by atoms with E-state index in [2.05, 4.69) is 5.32 Å². The van der Waals surface area contributed by atoms with Gasteiger partial charge in [-0.2, -0.15) is 0 Å². The van der Waals surface area contributed by atoms with Crippen LogP contribution in [0.3, 0.4) is 0 Å². The summed E-state index contributed by atoms with van der Waals surface area (Å²) in [6.07, 6.45) is 0. The number of nitrogens with two attached hydrogens (primary N) is 1. The molecule has 25 heavy (non-hydrogen) atoms. The molecule has 1 aliphatic rings. The Kier molecular flexibility index (Phi) is 5.88. The van der Waals surface area contributed by atoms with Crippen molar-refractivity contribution < 1.29 is 14.3 Å². The SMILES string of the molecule is NC(=O)c1cccc(NC(=O)COc2ccccc2C2SCCS2)c1. The Morgan fingerprint density at radius 3 is 2.64 bits per heavy atom. The van der Waals surface area contributed by atoms with E-state index in [0.29, 0.717) is 15.8 Å². The van der Waals surface area contributed by atoms with Crippen LogP contribution in [-0.4, -0.2) is 29.9 Å². The van der Waals surface area contributed by atoms with Crippen molar-refractivity contribution in [2.75, 3.05) is 23.4 Å². The van der Waals surface area contributed by atoms with Gasteiger partial charge in [0, 0.05) is 28.3 Å². The Balaban J connectivity index is 1.61. The Bertz CT molecular complexity index is 776. The van der Waals surface area contributed by atoms with E-state index in [0.717, 1.165) is 22.8 Å². The first kappa shape index (κ1) is 17.7. The third-order valence-electron chi connectivity index (χ3n) is 3.58. The second kappa shape index (κ2) is 8.31. The number of carbonyl (C=O) groups excluding carboxylic acids is 2. The van der Waals surface area contributed by atoms with E-state index in [1.807, 2.05) is 47.8 Å². The van der Waals surface area contributed by atoms with Crippen LogP contribution in [0, 0.1) is 0 Å². The number of hydrogen-bond donors (Lipinski definition) is 2. The molecule has 0 bridgehead atoms. The number of carbonyl (C=O) groups is 2. The fourth-order valence-corrected chi connectivity index (χ4v) is 5.34. The van der Waals surface area contributed by atoms with Gasteiger partial charge in [0.15, 0.2) is 6.61 Å². The van der Waals surface area contributed by atoms with Gasteiger partial charge >= 0.3 is 0 Å². The molecular formula is C18H18N2O3S2. The second-order valence-electron chi connectivity index (χ2n) is 5.39. The van der Waals surface area contributed by atoms with Crippen LogP contribution in [0.5, 0.6) is 5.75 Å². The molecule has 1 saturated heterocycles. The van der Waals surface area contributed by atoms with Crippen molar-refractivity contribution >= 4 is 41.0 Å². The van der Waals surface area contributed by atoms with Crippen molar-refractivity contribution in [2.24, 2.45) is 5.73 Å². The lowest BCUT2D eigenvalue weighted by atomic mass is 10.2. The summed E-state index contributed by atoms with van der Waals surface area (Å²) in [5.41, 5.74) is 7.21. The van der Waals surface area contributed by atoms with Gasteiger partial charge < -0.3 is 15.8 Å². The predicted molar refractivity (Wildman–Crippen MR) is 103 cm³/mol. The maximum absolute atomic E-state index is 12.1. The fourth-order valence-electron chi connectivity index (χ4n) is 2.44. The third kappa shape index (κ3) is 4.70. The molecule has 7 heteroatoms. The highest BCUT2D eigenvalue weighted by atomic mass is 32.2. The average Bonchev–Trinajstić information content (AvgIpc) is 3.15. The topological polar surface area (TPSA) is 81.4 Å². The molecule has 2 aromatic carbocycles. The normalized spacial score (nSPS) is 14.2. The summed E-state index contributed by atoms with van der Waals surface area (Å²) in [5.74, 6) is 2.16. The minimum atomic E-state index is -0.534. The number of hydrogen-bond acceptors (Lipinski definition) is 5. The van der Waals surface area contributed by atoms with Crippen molar-refractivity contribution in [3.05, 3.63) is 59.7 Å². The van der Waals surface area contributed by atoms with Gasteiger partial charge in [-0.3, -0.25) is 9.59 Å². The van der Waals surface area contributed by atoms with Crippen molar-refractivity contribution in [1.29, 1.82) is 0 Å². The Morgan fingerprint density at radius 1 is 1.12 bits per heavy atom. The Labute approximate surface area is 154 Å².